The summed E-state index contributed by atoms with van der Waals surface area (Å²) >= 11 is 3.34. The highest BCUT2D eigenvalue weighted by atomic mass is 79.9. The molecule has 0 saturated heterocycles. The molecule has 0 spiro atoms. The third-order valence-corrected chi connectivity index (χ3v) is 3.39. The van der Waals surface area contributed by atoms with Crippen LogP contribution in [0.15, 0.2) is 52.0 Å². The highest BCUT2D eigenvalue weighted by Gasteiger charge is 2.14. The molecular weight excluding hydrogens is 350 g/mol. The Morgan fingerprint density at radius 1 is 1.32 bits per heavy atom. The van der Waals surface area contributed by atoms with Crippen LogP contribution in [0.3, 0.4) is 0 Å². The van der Waals surface area contributed by atoms with Crippen LogP contribution in [0.4, 0.5) is 5.69 Å². The Kier molecular flexibility index (Phi) is 5.00. The largest absolute Gasteiger partial charge is 0.273 e. The number of rotatable bonds is 4. The first kappa shape index (κ1) is 15.8. The molecule has 0 atom stereocenters. The molecular formula is C15H12BrN3O3. The van der Waals surface area contributed by atoms with Gasteiger partial charge in [0.25, 0.3) is 11.6 Å². The first-order valence-electron chi connectivity index (χ1n) is 6.31. The normalized spacial score (nSPS) is 10.6. The number of carbonyl (C=O) groups excluding carboxylic acids is 1. The first-order chi connectivity index (χ1) is 10.5. The fourth-order valence-corrected chi connectivity index (χ4v) is 2.18. The van der Waals surface area contributed by atoms with Crippen LogP contribution in [-0.4, -0.2) is 17.0 Å². The minimum Gasteiger partial charge on any atom is -0.267 e. The number of hydrogen-bond acceptors (Lipinski definition) is 4. The first-order valence-corrected chi connectivity index (χ1v) is 7.10. The van der Waals surface area contributed by atoms with E-state index >= 15 is 0 Å². The Hall–Kier alpha value is -2.54. The summed E-state index contributed by atoms with van der Waals surface area (Å²) in [7, 11) is 0. The average molecular weight is 362 g/mol. The fourth-order valence-electron chi connectivity index (χ4n) is 1.76. The maximum absolute atomic E-state index is 11.9. The summed E-state index contributed by atoms with van der Waals surface area (Å²) in [4.78, 5) is 22.3. The summed E-state index contributed by atoms with van der Waals surface area (Å²) in [6.45, 7) is 1.62. The van der Waals surface area contributed by atoms with Crippen molar-refractivity contribution >= 4 is 33.7 Å². The van der Waals surface area contributed by atoms with Crippen molar-refractivity contribution < 1.29 is 9.72 Å². The predicted octanol–water partition coefficient (Wildman–Crippen LogP) is 3.43. The van der Waals surface area contributed by atoms with Crippen molar-refractivity contribution in [2.45, 2.75) is 6.92 Å². The van der Waals surface area contributed by atoms with Gasteiger partial charge < -0.3 is 0 Å². The zero-order valence-corrected chi connectivity index (χ0v) is 13.2. The summed E-state index contributed by atoms with van der Waals surface area (Å²) in [5, 5.41) is 14.7. The molecule has 1 amide bonds. The molecule has 112 valence electrons. The third-order valence-electron chi connectivity index (χ3n) is 2.90. The number of hydrazone groups is 1. The fraction of sp³-hybridized carbons (Fsp3) is 0.0667. The van der Waals surface area contributed by atoms with E-state index in [1.54, 1.807) is 6.92 Å². The summed E-state index contributed by atoms with van der Waals surface area (Å²) < 4.78 is 0.900. The zero-order valence-electron chi connectivity index (χ0n) is 11.6. The summed E-state index contributed by atoms with van der Waals surface area (Å²) in [6, 6.07) is 11.7. The maximum Gasteiger partial charge on any atom is 0.273 e. The van der Waals surface area contributed by atoms with Gasteiger partial charge in [-0.15, -0.1) is 0 Å². The van der Waals surface area contributed by atoms with Crippen LogP contribution in [0.1, 0.15) is 21.5 Å². The Morgan fingerprint density at radius 2 is 2.09 bits per heavy atom. The van der Waals surface area contributed by atoms with Crippen LogP contribution in [-0.2, 0) is 0 Å². The van der Waals surface area contributed by atoms with Crippen molar-refractivity contribution in [1.82, 2.24) is 5.43 Å². The SMILES string of the molecule is Cc1ccc(C(=O)N/N=C\c2cccc(Br)c2)cc1[N+](=O)[O-]. The molecule has 0 aliphatic carbocycles. The van der Waals surface area contributed by atoms with E-state index in [1.165, 1.54) is 24.4 Å². The molecule has 6 nitrogen and oxygen atoms in total. The van der Waals surface area contributed by atoms with E-state index in [0.717, 1.165) is 10.0 Å². The number of benzene rings is 2. The maximum atomic E-state index is 11.9. The Labute approximate surface area is 135 Å². The second-order valence-electron chi connectivity index (χ2n) is 4.51. The topological polar surface area (TPSA) is 84.6 Å². The molecule has 2 aromatic carbocycles. The van der Waals surface area contributed by atoms with E-state index in [9.17, 15) is 14.9 Å². The van der Waals surface area contributed by atoms with Gasteiger partial charge in [-0.25, -0.2) is 5.43 Å². The van der Waals surface area contributed by atoms with E-state index in [4.69, 9.17) is 0 Å². The van der Waals surface area contributed by atoms with Crippen LogP contribution < -0.4 is 5.43 Å². The molecule has 0 aliphatic rings. The van der Waals surface area contributed by atoms with Gasteiger partial charge in [0, 0.05) is 21.7 Å². The molecule has 0 aliphatic heterocycles. The van der Waals surface area contributed by atoms with Crippen LogP contribution >= 0.6 is 15.9 Å². The number of carbonyl (C=O) groups is 1. The molecule has 0 bridgehead atoms. The van der Waals surface area contributed by atoms with Gasteiger partial charge in [-0.1, -0.05) is 34.1 Å². The van der Waals surface area contributed by atoms with Gasteiger partial charge >= 0.3 is 0 Å². The van der Waals surface area contributed by atoms with Crippen molar-refractivity contribution in [3.8, 4) is 0 Å². The van der Waals surface area contributed by atoms with Gasteiger partial charge in [0.1, 0.15) is 0 Å². The van der Waals surface area contributed by atoms with Gasteiger partial charge in [0.15, 0.2) is 0 Å². The molecule has 7 heteroatoms. The van der Waals surface area contributed by atoms with E-state index in [2.05, 4.69) is 26.5 Å². The van der Waals surface area contributed by atoms with E-state index < -0.39 is 10.8 Å². The smallest absolute Gasteiger partial charge is 0.267 e. The molecule has 0 radical (unpaired) electrons. The van der Waals surface area contributed by atoms with E-state index in [-0.39, 0.29) is 11.3 Å². The van der Waals surface area contributed by atoms with Crippen molar-refractivity contribution in [2.75, 3.05) is 0 Å². The number of halogens is 1. The number of nitro benzene ring substituents is 1. The lowest BCUT2D eigenvalue weighted by molar-refractivity contribution is -0.385. The monoisotopic (exact) mass is 361 g/mol. The Bertz CT molecular complexity index is 759. The number of nitrogens with zero attached hydrogens (tertiary/aromatic N) is 2. The van der Waals surface area contributed by atoms with Crippen LogP contribution in [0.25, 0.3) is 0 Å². The van der Waals surface area contributed by atoms with Gasteiger partial charge in [-0.2, -0.15) is 5.10 Å². The van der Waals surface area contributed by atoms with Crippen LogP contribution in [0.2, 0.25) is 0 Å². The molecule has 2 rings (SSSR count). The molecule has 0 heterocycles. The highest BCUT2D eigenvalue weighted by molar-refractivity contribution is 9.10. The van der Waals surface area contributed by atoms with Gasteiger partial charge in [0.05, 0.1) is 11.1 Å². The lowest BCUT2D eigenvalue weighted by Gasteiger charge is -2.02. The molecule has 1 N–H and O–H groups in total. The van der Waals surface area contributed by atoms with Crippen LogP contribution in [0.5, 0.6) is 0 Å². The highest BCUT2D eigenvalue weighted by Crippen LogP contribution is 2.19. The van der Waals surface area contributed by atoms with Crippen molar-refractivity contribution in [3.63, 3.8) is 0 Å². The average Bonchev–Trinajstić information content (AvgIpc) is 2.47. The lowest BCUT2D eigenvalue weighted by atomic mass is 10.1. The molecule has 0 saturated carbocycles. The van der Waals surface area contributed by atoms with Gasteiger partial charge in [0.2, 0.25) is 0 Å². The molecule has 0 fully saturated rings. The number of nitrogens with one attached hydrogen (secondary N) is 1. The third kappa shape index (κ3) is 3.98. The second-order valence-corrected chi connectivity index (χ2v) is 5.43. The van der Waals surface area contributed by atoms with Gasteiger partial charge in [-0.05, 0) is 30.7 Å². The minimum absolute atomic E-state index is 0.0939. The van der Waals surface area contributed by atoms with Crippen molar-refractivity contribution in [1.29, 1.82) is 0 Å². The lowest BCUT2D eigenvalue weighted by Crippen LogP contribution is -2.17. The molecule has 0 unspecified atom stereocenters. The number of nitro groups is 1. The van der Waals surface area contributed by atoms with Crippen molar-refractivity contribution in [3.05, 3.63) is 73.7 Å². The number of hydrogen-bond donors (Lipinski definition) is 1. The number of aryl methyl sites for hydroxylation is 1. The minimum atomic E-state index is -0.517. The zero-order chi connectivity index (χ0) is 16.1. The van der Waals surface area contributed by atoms with E-state index in [1.807, 2.05) is 24.3 Å². The van der Waals surface area contributed by atoms with Crippen molar-refractivity contribution in [2.24, 2.45) is 5.10 Å². The molecule has 22 heavy (non-hydrogen) atoms. The summed E-state index contributed by atoms with van der Waals surface area (Å²) in [6.07, 6.45) is 1.49. The molecule has 2 aromatic rings. The Balaban J connectivity index is 2.09. The predicted molar refractivity (Wildman–Crippen MR) is 87.0 cm³/mol. The van der Waals surface area contributed by atoms with E-state index in [0.29, 0.717) is 5.56 Å². The molecule has 0 aromatic heterocycles. The summed E-state index contributed by atoms with van der Waals surface area (Å²) in [5.41, 5.74) is 3.74. The van der Waals surface area contributed by atoms with Crippen LogP contribution in [0, 0.1) is 17.0 Å². The summed E-state index contributed by atoms with van der Waals surface area (Å²) in [5.74, 6) is -0.505. The standard InChI is InChI=1S/C15H12BrN3O3/c1-10-5-6-12(8-14(10)19(21)22)15(20)18-17-9-11-3-2-4-13(16)7-11/h2-9H,1H3,(H,18,20)/b17-9-. The number of amides is 1. The quantitative estimate of drug-likeness (QED) is 0.514. The second kappa shape index (κ2) is 6.95. The van der Waals surface area contributed by atoms with Gasteiger partial charge in [-0.3, -0.25) is 14.9 Å². The Morgan fingerprint density at radius 3 is 2.77 bits per heavy atom.